The van der Waals surface area contributed by atoms with E-state index < -0.39 is 0 Å². The van der Waals surface area contributed by atoms with E-state index in [4.69, 9.17) is 0 Å². The number of carbonyl (C=O) groups is 1. The molecule has 3 nitrogen and oxygen atoms in total. The fourth-order valence-corrected chi connectivity index (χ4v) is 2.67. The van der Waals surface area contributed by atoms with Gasteiger partial charge in [0, 0.05) is 11.0 Å². The van der Waals surface area contributed by atoms with Crippen LogP contribution in [0, 0.1) is 6.92 Å². The molecule has 1 atom stereocenters. The van der Waals surface area contributed by atoms with Crippen LogP contribution in [-0.2, 0) is 0 Å². The average Bonchev–Trinajstić information content (AvgIpc) is 2.79. The highest BCUT2D eigenvalue weighted by molar-refractivity contribution is 9.10. The molecule has 1 N–H and O–H groups in total. The van der Waals surface area contributed by atoms with Crippen LogP contribution in [0.1, 0.15) is 28.8 Å². The molecular formula is C13H16BrNO2. The monoisotopic (exact) mass is 297 g/mol. The minimum atomic E-state index is -0.0186. The van der Waals surface area contributed by atoms with Crippen molar-refractivity contribution in [3.05, 3.63) is 33.8 Å². The standard InChI is InChI=1S/C13H16BrNO2/c1-9-4-5-12(14)11(7-9)13(17)15-6-2-3-10(15)8-16/h4-5,7,10,16H,2-3,6,8H2,1H3/t10-/m1/s1. The number of benzene rings is 1. The fraction of sp³-hybridized carbons (Fsp3) is 0.462. The van der Waals surface area contributed by atoms with E-state index in [0.29, 0.717) is 5.56 Å². The van der Waals surface area contributed by atoms with Gasteiger partial charge in [-0.05, 0) is 47.8 Å². The normalized spacial score (nSPS) is 19.7. The lowest BCUT2D eigenvalue weighted by atomic mass is 10.1. The minimum absolute atomic E-state index is 0.0112. The van der Waals surface area contributed by atoms with E-state index in [1.165, 1.54) is 0 Å². The van der Waals surface area contributed by atoms with Crippen molar-refractivity contribution in [1.82, 2.24) is 4.90 Å². The molecule has 0 aliphatic carbocycles. The third kappa shape index (κ3) is 2.53. The Hall–Kier alpha value is -0.870. The average molecular weight is 298 g/mol. The van der Waals surface area contributed by atoms with Crippen LogP contribution in [0.5, 0.6) is 0 Å². The van der Waals surface area contributed by atoms with Gasteiger partial charge < -0.3 is 10.0 Å². The minimum Gasteiger partial charge on any atom is -0.394 e. The van der Waals surface area contributed by atoms with Crippen LogP contribution >= 0.6 is 15.9 Å². The van der Waals surface area contributed by atoms with Crippen molar-refractivity contribution < 1.29 is 9.90 Å². The van der Waals surface area contributed by atoms with E-state index in [9.17, 15) is 9.90 Å². The van der Waals surface area contributed by atoms with Crippen molar-refractivity contribution in [2.75, 3.05) is 13.2 Å². The first-order chi connectivity index (χ1) is 8.13. The Morgan fingerprint density at radius 1 is 1.59 bits per heavy atom. The van der Waals surface area contributed by atoms with Crippen LogP contribution < -0.4 is 0 Å². The lowest BCUT2D eigenvalue weighted by Gasteiger charge is -2.23. The molecule has 1 aromatic carbocycles. The zero-order valence-corrected chi connectivity index (χ0v) is 11.4. The van der Waals surface area contributed by atoms with Crippen LogP contribution in [0.15, 0.2) is 22.7 Å². The van der Waals surface area contributed by atoms with Gasteiger partial charge >= 0.3 is 0 Å². The first kappa shape index (κ1) is 12.6. The Morgan fingerprint density at radius 3 is 3.06 bits per heavy atom. The molecule has 1 saturated heterocycles. The van der Waals surface area contributed by atoms with Crippen molar-refractivity contribution >= 4 is 21.8 Å². The number of amides is 1. The van der Waals surface area contributed by atoms with Crippen LogP contribution in [0.2, 0.25) is 0 Å². The molecule has 1 heterocycles. The van der Waals surface area contributed by atoms with Crippen LogP contribution in [0.3, 0.4) is 0 Å². The summed E-state index contributed by atoms with van der Waals surface area (Å²) in [7, 11) is 0. The van der Waals surface area contributed by atoms with Gasteiger partial charge in [0.05, 0.1) is 18.2 Å². The van der Waals surface area contributed by atoms with Gasteiger partial charge in [-0.2, -0.15) is 0 Å². The number of hydrogen-bond donors (Lipinski definition) is 1. The fourth-order valence-electron chi connectivity index (χ4n) is 2.25. The van der Waals surface area contributed by atoms with Crippen molar-refractivity contribution in [3.63, 3.8) is 0 Å². The number of carbonyl (C=O) groups excluding carboxylic acids is 1. The number of aliphatic hydroxyl groups excluding tert-OH is 1. The van der Waals surface area contributed by atoms with Crippen molar-refractivity contribution in [2.24, 2.45) is 0 Å². The summed E-state index contributed by atoms with van der Waals surface area (Å²) in [6.45, 7) is 2.76. The first-order valence-corrected chi connectivity index (χ1v) is 6.60. The molecule has 0 aromatic heterocycles. The highest BCUT2D eigenvalue weighted by Crippen LogP contribution is 2.24. The molecule has 1 aliphatic heterocycles. The Kier molecular flexibility index (Phi) is 3.84. The van der Waals surface area contributed by atoms with Gasteiger partial charge in [-0.25, -0.2) is 0 Å². The molecule has 2 rings (SSSR count). The maximum atomic E-state index is 12.4. The van der Waals surface area contributed by atoms with E-state index in [2.05, 4.69) is 15.9 Å². The molecule has 0 saturated carbocycles. The second-order valence-electron chi connectivity index (χ2n) is 4.46. The number of halogens is 1. The summed E-state index contributed by atoms with van der Waals surface area (Å²) in [5, 5.41) is 9.25. The predicted octanol–water partition coefficient (Wildman–Crippen LogP) is 2.35. The molecule has 0 unspecified atom stereocenters. The number of likely N-dealkylation sites (tertiary alicyclic amines) is 1. The zero-order valence-electron chi connectivity index (χ0n) is 9.82. The van der Waals surface area contributed by atoms with Gasteiger partial charge in [0.15, 0.2) is 0 Å². The predicted molar refractivity (Wildman–Crippen MR) is 70.0 cm³/mol. The van der Waals surface area contributed by atoms with Gasteiger partial charge in [0.25, 0.3) is 5.91 Å². The van der Waals surface area contributed by atoms with E-state index >= 15 is 0 Å². The van der Waals surface area contributed by atoms with Gasteiger partial charge in [0.2, 0.25) is 0 Å². The van der Waals surface area contributed by atoms with Crippen molar-refractivity contribution in [1.29, 1.82) is 0 Å². The molecule has 0 radical (unpaired) electrons. The van der Waals surface area contributed by atoms with Crippen LogP contribution in [0.25, 0.3) is 0 Å². The second-order valence-corrected chi connectivity index (χ2v) is 5.31. The van der Waals surface area contributed by atoms with Crippen LogP contribution in [0.4, 0.5) is 0 Å². The quantitative estimate of drug-likeness (QED) is 0.910. The summed E-state index contributed by atoms with van der Waals surface area (Å²) in [5.41, 5.74) is 1.75. The topological polar surface area (TPSA) is 40.5 Å². The zero-order chi connectivity index (χ0) is 12.4. The molecule has 0 spiro atoms. The van der Waals surface area contributed by atoms with E-state index in [0.717, 1.165) is 29.4 Å². The maximum absolute atomic E-state index is 12.4. The van der Waals surface area contributed by atoms with E-state index in [-0.39, 0.29) is 18.6 Å². The summed E-state index contributed by atoms with van der Waals surface area (Å²) in [6.07, 6.45) is 1.87. The number of aryl methyl sites for hydroxylation is 1. The summed E-state index contributed by atoms with van der Waals surface area (Å²) in [5.74, 6) is 0.0112. The Morgan fingerprint density at radius 2 is 2.35 bits per heavy atom. The third-order valence-electron chi connectivity index (χ3n) is 3.20. The summed E-state index contributed by atoms with van der Waals surface area (Å²) in [4.78, 5) is 14.2. The van der Waals surface area contributed by atoms with E-state index in [1.54, 1.807) is 4.90 Å². The van der Waals surface area contributed by atoms with Crippen molar-refractivity contribution in [2.45, 2.75) is 25.8 Å². The van der Waals surface area contributed by atoms with Gasteiger partial charge in [-0.1, -0.05) is 11.6 Å². The summed E-state index contributed by atoms with van der Waals surface area (Å²) >= 11 is 3.41. The molecule has 17 heavy (non-hydrogen) atoms. The first-order valence-electron chi connectivity index (χ1n) is 5.81. The number of aliphatic hydroxyl groups is 1. The molecule has 92 valence electrons. The molecule has 1 fully saturated rings. The number of nitrogens with zero attached hydrogens (tertiary/aromatic N) is 1. The summed E-state index contributed by atoms with van der Waals surface area (Å²) < 4.78 is 0.816. The second kappa shape index (κ2) is 5.19. The highest BCUT2D eigenvalue weighted by atomic mass is 79.9. The van der Waals surface area contributed by atoms with Crippen molar-refractivity contribution in [3.8, 4) is 0 Å². The number of rotatable bonds is 2. The Bertz CT molecular complexity index is 433. The lowest BCUT2D eigenvalue weighted by Crippen LogP contribution is -2.37. The molecule has 0 bridgehead atoms. The Labute approximate surface area is 110 Å². The van der Waals surface area contributed by atoms with Gasteiger partial charge in [-0.3, -0.25) is 4.79 Å². The van der Waals surface area contributed by atoms with Crippen LogP contribution in [-0.4, -0.2) is 35.1 Å². The summed E-state index contributed by atoms with van der Waals surface area (Å²) in [6, 6.07) is 5.73. The molecule has 1 aromatic rings. The lowest BCUT2D eigenvalue weighted by molar-refractivity contribution is 0.0676. The largest absolute Gasteiger partial charge is 0.394 e. The third-order valence-corrected chi connectivity index (χ3v) is 3.89. The van der Waals surface area contributed by atoms with E-state index in [1.807, 2.05) is 25.1 Å². The number of hydrogen-bond acceptors (Lipinski definition) is 2. The van der Waals surface area contributed by atoms with Gasteiger partial charge in [0.1, 0.15) is 0 Å². The highest BCUT2D eigenvalue weighted by Gasteiger charge is 2.29. The smallest absolute Gasteiger partial charge is 0.255 e. The molecular weight excluding hydrogens is 282 g/mol. The SMILES string of the molecule is Cc1ccc(Br)c(C(=O)N2CCC[C@@H]2CO)c1. The molecule has 1 amide bonds. The molecule has 1 aliphatic rings. The van der Waals surface area contributed by atoms with Gasteiger partial charge in [-0.15, -0.1) is 0 Å². The Balaban J connectivity index is 2.27. The molecule has 4 heteroatoms. The maximum Gasteiger partial charge on any atom is 0.255 e.